The van der Waals surface area contributed by atoms with Crippen LogP contribution in [0.5, 0.6) is 11.5 Å². The van der Waals surface area contributed by atoms with Gasteiger partial charge in [-0.2, -0.15) is 0 Å². The van der Waals surface area contributed by atoms with Crippen LogP contribution in [0.1, 0.15) is 54.1 Å². The number of benzene rings is 4. The average molecular weight is 631 g/mol. The van der Waals surface area contributed by atoms with E-state index in [0.29, 0.717) is 22.3 Å². The molecular weight excluding hydrogens is 599 g/mol. The van der Waals surface area contributed by atoms with Crippen LogP contribution in [0.15, 0.2) is 84.9 Å². The van der Waals surface area contributed by atoms with Crippen LogP contribution in [-0.2, 0) is 9.13 Å². The van der Waals surface area contributed by atoms with Crippen LogP contribution in [0.25, 0.3) is 0 Å². The molecule has 0 fully saturated rings. The topological polar surface area (TPSA) is 133 Å². The van der Waals surface area contributed by atoms with Gasteiger partial charge in [0.2, 0.25) is 11.0 Å². The van der Waals surface area contributed by atoms with E-state index in [9.17, 15) is 28.5 Å². The Morgan fingerprint density at radius 2 is 0.791 bits per heavy atom. The molecule has 2 unspecified atom stereocenters. The molecule has 11 heteroatoms. The van der Waals surface area contributed by atoms with Crippen molar-refractivity contribution in [2.24, 2.45) is 0 Å². The van der Waals surface area contributed by atoms with E-state index in [-0.39, 0.29) is 45.7 Å². The van der Waals surface area contributed by atoms with Gasteiger partial charge in [0.1, 0.15) is 11.5 Å². The zero-order chi connectivity index (χ0) is 31.2. The molecule has 0 aliphatic carbocycles. The molecule has 4 aromatic carbocycles. The first kappa shape index (κ1) is 36.2. The molecule has 0 bridgehead atoms. The predicted octanol–water partition coefficient (Wildman–Crippen LogP) is 6.39. The molecule has 4 aromatic rings. The Morgan fingerprint density at radius 3 is 1.05 bits per heavy atom. The molecule has 0 aliphatic rings. The van der Waals surface area contributed by atoms with Crippen molar-refractivity contribution in [3.63, 3.8) is 0 Å². The zero-order valence-electron chi connectivity index (χ0n) is 25.0. The Morgan fingerprint density at radius 1 is 0.535 bits per heavy atom. The van der Waals surface area contributed by atoms with Gasteiger partial charge in [-0.1, -0.05) is 71.8 Å². The van der Waals surface area contributed by atoms with Crippen molar-refractivity contribution in [1.29, 1.82) is 0 Å². The van der Waals surface area contributed by atoms with Crippen LogP contribution in [0, 0.1) is 41.5 Å². The molecule has 220 valence electrons. The number of hydrogen-bond donors (Lipinski definition) is 0. The second kappa shape index (κ2) is 15.1. The van der Waals surface area contributed by atoms with Gasteiger partial charge in [-0.05, 0) is 88.1 Å². The summed E-state index contributed by atoms with van der Waals surface area (Å²) in [5, 5.41) is 0. The summed E-state index contributed by atoms with van der Waals surface area (Å²) >= 11 is 0. The van der Waals surface area contributed by atoms with E-state index in [1.54, 1.807) is 88.4 Å². The molecule has 0 saturated heterocycles. The standard InChI is InChI=1S/2C16H17O4P.Mg/c2*1-11-9-12(2)15(13(3)10-11)16(17)21(18,19)20-14-7-5-4-6-8-14;/h2*4-10H,1-3H3,(H,18,19);/q;;+2/p-2. The SMILES string of the molecule is Cc1cc(C)c(C(=O)P(=O)([O-])Oc2ccccc2)c(C)c1.Cc1cc(C)c(C(=O)P(=O)([O-])Oc2ccccc2)c(C)c1.[Mg+2]. The third-order valence-electron chi connectivity index (χ3n) is 6.22. The number of carbonyl (C=O) groups is 2. The average Bonchev–Trinajstić information content (AvgIpc) is 2.88. The van der Waals surface area contributed by atoms with Gasteiger partial charge in [-0.25, -0.2) is 0 Å². The van der Waals surface area contributed by atoms with E-state index >= 15 is 0 Å². The van der Waals surface area contributed by atoms with Gasteiger partial charge in [0.05, 0.1) is 0 Å². The quantitative estimate of drug-likeness (QED) is 0.162. The van der Waals surface area contributed by atoms with Gasteiger partial charge in [0.15, 0.2) is 0 Å². The summed E-state index contributed by atoms with van der Waals surface area (Å²) in [5.74, 6) is 0.262. The Balaban J connectivity index is 0.000000293. The number of carbonyl (C=O) groups excluding carboxylic acids is 2. The first-order valence-corrected chi connectivity index (χ1v) is 16.1. The largest absolute Gasteiger partial charge is 2.00 e. The first-order chi connectivity index (χ1) is 19.6. The van der Waals surface area contributed by atoms with Crippen molar-refractivity contribution >= 4 is 49.3 Å². The van der Waals surface area contributed by atoms with Gasteiger partial charge < -0.3 is 18.8 Å². The summed E-state index contributed by atoms with van der Waals surface area (Å²) in [6.45, 7) is 10.7. The minimum atomic E-state index is -4.69. The summed E-state index contributed by atoms with van der Waals surface area (Å²) in [4.78, 5) is 48.9. The van der Waals surface area contributed by atoms with E-state index in [1.807, 2.05) is 13.8 Å². The zero-order valence-corrected chi connectivity index (χ0v) is 28.2. The molecule has 43 heavy (non-hydrogen) atoms. The van der Waals surface area contributed by atoms with Crippen LogP contribution in [0.3, 0.4) is 0 Å². The number of para-hydroxylation sites is 2. The molecule has 0 N–H and O–H groups in total. The first-order valence-electron chi connectivity index (χ1n) is 13.0. The molecule has 0 heterocycles. The Labute approximate surface area is 268 Å². The molecule has 4 rings (SSSR count). The maximum atomic E-state index is 12.3. The van der Waals surface area contributed by atoms with E-state index in [0.717, 1.165) is 11.1 Å². The Kier molecular flexibility index (Phi) is 12.7. The van der Waals surface area contributed by atoms with Crippen LogP contribution in [-0.4, -0.2) is 34.1 Å². The van der Waals surface area contributed by atoms with Crippen molar-refractivity contribution in [3.05, 3.63) is 129 Å². The van der Waals surface area contributed by atoms with Gasteiger partial charge in [-0.3, -0.25) is 18.7 Å². The fourth-order valence-electron chi connectivity index (χ4n) is 4.63. The van der Waals surface area contributed by atoms with Crippen molar-refractivity contribution in [2.45, 2.75) is 41.5 Å². The van der Waals surface area contributed by atoms with Crippen LogP contribution >= 0.6 is 15.2 Å². The number of hydrogen-bond acceptors (Lipinski definition) is 8. The molecule has 0 aromatic heterocycles. The number of rotatable bonds is 8. The van der Waals surface area contributed by atoms with Crippen molar-refractivity contribution in [2.75, 3.05) is 0 Å². The normalized spacial score (nSPS) is 13.2. The van der Waals surface area contributed by atoms with E-state index in [1.165, 1.54) is 24.3 Å². The Hall–Kier alpha value is -3.03. The fraction of sp³-hybridized carbons (Fsp3) is 0.188. The monoisotopic (exact) mass is 630 g/mol. The Bertz CT molecular complexity index is 1530. The minimum absolute atomic E-state index is 0. The van der Waals surface area contributed by atoms with Gasteiger partial charge in [0, 0.05) is 11.1 Å². The van der Waals surface area contributed by atoms with Gasteiger partial charge in [0.25, 0.3) is 15.2 Å². The van der Waals surface area contributed by atoms with E-state index < -0.39 is 26.2 Å². The minimum Gasteiger partial charge on any atom is -0.763 e. The maximum Gasteiger partial charge on any atom is 2.00 e. The van der Waals surface area contributed by atoms with Gasteiger partial charge in [-0.15, -0.1) is 0 Å². The molecule has 0 radical (unpaired) electrons. The molecular formula is C32H32MgO8P2. The molecule has 8 nitrogen and oxygen atoms in total. The summed E-state index contributed by atoms with van der Waals surface area (Å²) < 4.78 is 34.1. The summed E-state index contributed by atoms with van der Waals surface area (Å²) in [7, 11) is -9.37. The summed E-state index contributed by atoms with van der Waals surface area (Å²) in [5.41, 5.74) is 2.89. The third kappa shape index (κ3) is 9.47. The summed E-state index contributed by atoms with van der Waals surface area (Å²) in [6, 6.07) is 23.1. The number of aryl methyl sites for hydroxylation is 6. The molecule has 2 atom stereocenters. The van der Waals surface area contributed by atoms with Gasteiger partial charge >= 0.3 is 23.1 Å². The smallest absolute Gasteiger partial charge is 0.763 e. The second-order valence-corrected chi connectivity index (χ2v) is 13.1. The summed E-state index contributed by atoms with van der Waals surface area (Å²) in [6.07, 6.45) is 0. The molecule has 0 amide bonds. The third-order valence-corrected chi connectivity index (χ3v) is 8.56. The maximum absolute atomic E-state index is 12.3. The van der Waals surface area contributed by atoms with Crippen molar-refractivity contribution in [3.8, 4) is 11.5 Å². The van der Waals surface area contributed by atoms with E-state index in [4.69, 9.17) is 9.05 Å². The molecule has 0 saturated carbocycles. The van der Waals surface area contributed by atoms with Crippen molar-refractivity contribution in [1.82, 2.24) is 0 Å². The predicted molar refractivity (Wildman–Crippen MR) is 165 cm³/mol. The van der Waals surface area contributed by atoms with E-state index in [2.05, 4.69) is 0 Å². The fourth-order valence-corrected chi connectivity index (χ4v) is 6.85. The molecule has 0 aliphatic heterocycles. The molecule has 0 spiro atoms. The van der Waals surface area contributed by atoms with Crippen LogP contribution in [0.4, 0.5) is 0 Å². The van der Waals surface area contributed by atoms with Crippen LogP contribution in [0.2, 0.25) is 0 Å². The van der Waals surface area contributed by atoms with Crippen molar-refractivity contribution < 1.29 is 37.6 Å². The van der Waals surface area contributed by atoms with Crippen LogP contribution < -0.4 is 18.8 Å². The second-order valence-electron chi connectivity index (χ2n) is 9.96.